The fourth-order valence-electron chi connectivity index (χ4n) is 1.85. The molecule has 1 heterocycles. The van der Waals surface area contributed by atoms with E-state index in [-0.39, 0.29) is 0 Å². The predicted octanol–water partition coefficient (Wildman–Crippen LogP) is 3.95. The molecule has 0 amide bonds. The van der Waals surface area contributed by atoms with Crippen LogP contribution in [-0.4, -0.2) is 17.2 Å². The smallest absolute Gasteiger partial charge is 0.148 e. The molecule has 0 saturated heterocycles. The second-order valence-electron chi connectivity index (χ2n) is 4.15. The molecule has 0 saturated carbocycles. The molecule has 0 aliphatic heterocycles. The third kappa shape index (κ3) is 2.79. The molecule has 0 aliphatic carbocycles. The van der Waals surface area contributed by atoms with Crippen LogP contribution >= 0.6 is 27.3 Å². The topological polar surface area (TPSA) is 37.8 Å². The van der Waals surface area contributed by atoms with E-state index in [2.05, 4.69) is 57.4 Å². The molecule has 1 aromatic carbocycles. The van der Waals surface area contributed by atoms with Gasteiger partial charge in [-0.1, -0.05) is 40.3 Å². The lowest BCUT2D eigenvalue weighted by Gasteiger charge is -2.08. The molecule has 0 aliphatic rings. The summed E-state index contributed by atoms with van der Waals surface area (Å²) in [6.45, 7) is 4.24. The summed E-state index contributed by atoms with van der Waals surface area (Å²) in [6, 6.07) is 6.53. The van der Waals surface area contributed by atoms with E-state index in [1.165, 1.54) is 5.56 Å². The zero-order valence-corrected chi connectivity index (χ0v) is 13.1. The van der Waals surface area contributed by atoms with Crippen LogP contribution in [0, 0.1) is 6.92 Å². The van der Waals surface area contributed by atoms with E-state index in [1.807, 2.05) is 13.1 Å². The molecule has 96 valence electrons. The highest BCUT2D eigenvalue weighted by Crippen LogP contribution is 2.31. The number of nitrogens with one attached hydrogen (secondary N) is 1. The molecule has 18 heavy (non-hydrogen) atoms. The number of nitrogens with zero attached hydrogens (tertiary/aromatic N) is 2. The van der Waals surface area contributed by atoms with Crippen LogP contribution in [0.5, 0.6) is 0 Å². The van der Waals surface area contributed by atoms with Gasteiger partial charge in [0.25, 0.3) is 0 Å². The molecule has 0 fully saturated rings. The number of hydrogen-bond donors (Lipinski definition) is 1. The minimum atomic E-state index is 0.298. The summed E-state index contributed by atoms with van der Waals surface area (Å²) in [4.78, 5) is 0. The minimum absolute atomic E-state index is 0.298. The van der Waals surface area contributed by atoms with Crippen LogP contribution in [0.3, 0.4) is 0 Å². The highest BCUT2D eigenvalue weighted by molar-refractivity contribution is 9.10. The van der Waals surface area contributed by atoms with Crippen LogP contribution in [0.4, 0.5) is 0 Å². The summed E-state index contributed by atoms with van der Waals surface area (Å²) in [6.07, 6.45) is 1.02. The SMILES string of the molecule is CCC(NC)c1nnc(-c2ccc(Br)cc2C)s1. The van der Waals surface area contributed by atoms with Crippen LogP contribution in [0.25, 0.3) is 10.6 Å². The maximum absolute atomic E-state index is 4.31. The van der Waals surface area contributed by atoms with E-state index in [0.29, 0.717) is 6.04 Å². The van der Waals surface area contributed by atoms with Gasteiger partial charge >= 0.3 is 0 Å². The lowest BCUT2D eigenvalue weighted by Crippen LogP contribution is -2.14. The van der Waals surface area contributed by atoms with Crippen LogP contribution in [0.15, 0.2) is 22.7 Å². The zero-order valence-electron chi connectivity index (χ0n) is 10.7. The molecule has 5 heteroatoms. The van der Waals surface area contributed by atoms with Crippen molar-refractivity contribution in [2.24, 2.45) is 0 Å². The normalized spacial score (nSPS) is 12.7. The lowest BCUT2D eigenvalue weighted by atomic mass is 10.1. The molecule has 1 aromatic heterocycles. The molecule has 0 spiro atoms. The first-order valence-electron chi connectivity index (χ1n) is 5.93. The first-order chi connectivity index (χ1) is 8.65. The fraction of sp³-hybridized carbons (Fsp3) is 0.385. The standard InChI is InChI=1S/C13H16BrN3S/c1-4-11(15-3)13-17-16-12(18-13)10-6-5-9(14)7-8(10)2/h5-7,11,15H,4H2,1-3H3. The summed E-state index contributed by atoms with van der Waals surface area (Å²) in [5, 5.41) is 13.9. The van der Waals surface area contributed by atoms with Gasteiger partial charge in [-0.15, -0.1) is 10.2 Å². The van der Waals surface area contributed by atoms with Crippen molar-refractivity contribution < 1.29 is 0 Å². The maximum Gasteiger partial charge on any atom is 0.148 e. The van der Waals surface area contributed by atoms with Gasteiger partial charge in [0.15, 0.2) is 0 Å². The van der Waals surface area contributed by atoms with Crippen molar-refractivity contribution >= 4 is 27.3 Å². The first-order valence-corrected chi connectivity index (χ1v) is 7.53. The molecule has 0 bridgehead atoms. The Morgan fingerprint density at radius 3 is 2.78 bits per heavy atom. The number of aromatic nitrogens is 2. The van der Waals surface area contributed by atoms with E-state index in [9.17, 15) is 0 Å². The van der Waals surface area contributed by atoms with Gasteiger partial charge in [-0.05, 0) is 38.1 Å². The molecular formula is C13H16BrN3S. The van der Waals surface area contributed by atoms with Crippen LogP contribution < -0.4 is 5.32 Å². The Balaban J connectivity index is 2.34. The van der Waals surface area contributed by atoms with E-state index >= 15 is 0 Å². The summed E-state index contributed by atoms with van der Waals surface area (Å²) < 4.78 is 1.09. The molecule has 0 radical (unpaired) electrons. The van der Waals surface area contributed by atoms with Gasteiger partial charge in [0.2, 0.25) is 0 Å². The molecular weight excluding hydrogens is 310 g/mol. The Bertz CT molecular complexity index is 535. The van der Waals surface area contributed by atoms with Crippen molar-refractivity contribution in [2.45, 2.75) is 26.3 Å². The second-order valence-corrected chi connectivity index (χ2v) is 6.08. The number of rotatable bonds is 4. The maximum atomic E-state index is 4.31. The minimum Gasteiger partial charge on any atom is -0.311 e. The van der Waals surface area contributed by atoms with Gasteiger partial charge in [-0.25, -0.2) is 0 Å². The third-order valence-corrected chi connectivity index (χ3v) is 4.48. The average molecular weight is 326 g/mol. The molecule has 1 atom stereocenters. The Morgan fingerprint density at radius 1 is 1.39 bits per heavy atom. The molecule has 2 aromatic rings. The van der Waals surface area contributed by atoms with Crippen molar-refractivity contribution in [1.82, 2.24) is 15.5 Å². The van der Waals surface area contributed by atoms with Gasteiger partial charge in [-0.2, -0.15) is 0 Å². The van der Waals surface area contributed by atoms with E-state index in [4.69, 9.17) is 0 Å². The van der Waals surface area contributed by atoms with Crippen molar-refractivity contribution in [3.05, 3.63) is 33.2 Å². The summed E-state index contributed by atoms with van der Waals surface area (Å²) in [5.74, 6) is 0. The van der Waals surface area contributed by atoms with Crippen LogP contribution in [0.2, 0.25) is 0 Å². The predicted molar refractivity (Wildman–Crippen MR) is 79.9 cm³/mol. The molecule has 1 N–H and O–H groups in total. The summed E-state index contributed by atoms with van der Waals surface area (Å²) in [7, 11) is 1.96. The van der Waals surface area contributed by atoms with Crippen molar-refractivity contribution in [2.75, 3.05) is 7.05 Å². The Kier molecular flexibility index (Phi) is 4.48. The van der Waals surface area contributed by atoms with Gasteiger partial charge in [0, 0.05) is 10.0 Å². The second kappa shape index (κ2) is 5.91. The number of halogens is 1. The van der Waals surface area contributed by atoms with Gasteiger partial charge in [0.1, 0.15) is 10.0 Å². The van der Waals surface area contributed by atoms with E-state index < -0.39 is 0 Å². The third-order valence-electron chi connectivity index (χ3n) is 2.91. The number of aryl methyl sites for hydroxylation is 1. The van der Waals surface area contributed by atoms with Gasteiger partial charge < -0.3 is 5.32 Å². The highest BCUT2D eigenvalue weighted by Gasteiger charge is 2.14. The monoisotopic (exact) mass is 325 g/mol. The fourth-order valence-corrected chi connectivity index (χ4v) is 3.46. The van der Waals surface area contributed by atoms with E-state index in [0.717, 1.165) is 26.5 Å². The molecule has 1 unspecified atom stereocenters. The van der Waals surface area contributed by atoms with Crippen molar-refractivity contribution in [1.29, 1.82) is 0 Å². The summed E-state index contributed by atoms with van der Waals surface area (Å²) >= 11 is 5.14. The van der Waals surface area contributed by atoms with Crippen molar-refractivity contribution in [3.63, 3.8) is 0 Å². The molecule has 3 nitrogen and oxygen atoms in total. The Labute approximate surface area is 120 Å². The Morgan fingerprint density at radius 2 is 2.17 bits per heavy atom. The summed E-state index contributed by atoms with van der Waals surface area (Å²) in [5.41, 5.74) is 2.37. The van der Waals surface area contributed by atoms with Gasteiger partial charge in [-0.3, -0.25) is 0 Å². The van der Waals surface area contributed by atoms with Gasteiger partial charge in [0.05, 0.1) is 6.04 Å². The highest BCUT2D eigenvalue weighted by atomic mass is 79.9. The van der Waals surface area contributed by atoms with Crippen molar-refractivity contribution in [3.8, 4) is 10.6 Å². The van der Waals surface area contributed by atoms with Crippen LogP contribution in [-0.2, 0) is 0 Å². The Hall–Kier alpha value is -0.780. The first kappa shape index (κ1) is 13.6. The average Bonchev–Trinajstić information content (AvgIpc) is 2.80. The lowest BCUT2D eigenvalue weighted by molar-refractivity contribution is 0.568. The zero-order chi connectivity index (χ0) is 13.1. The molecule has 2 rings (SSSR count). The van der Waals surface area contributed by atoms with E-state index in [1.54, 1.807) is 11.3 Å². The number of hydrogen-bond acceptors (Lipinski definition) is 4. The van der Waals surface area contributed by atoms with Crippen LogP contribution in [0.1, 0.15) is 30.0 Å². The quantitative estimate of drug-likeness (QED) is 0.924. The largest absolute Gasteiger partial charge is 0.311 e. The number of benzene rings is 1.